The summed E-state index contributed by atoms with van der Waals surface area (Å²) >= 11 is 0. The van der Waals surface area contributed by atoms with Crippen LogP contribution in [0.2, 0.25) is 0 Å². The second kappa shape index (κ2) is 4.96. The first-order valence-electron chi connectivity index (χ1n) is 5.59. The maximum atomic E-state index is 10.7. The number of ether oxygens (including phenoxy) is 1. The number of nitrogens with zero attached hydrogens (tertiary/aromatic N) is 2. The minimum Gasteiger partial charge on any atom is -0.496 e. The lowest BCUT2D eigenvalue weighted by Gasteiger charge is -2.11. The van der Waals surface area contributed by atoms with Gasteiger partial charge in [-0.15, -0.1) is 0 Å². The normalized spacial score (nSPS) is 10.2. The zero-order valence-corrected chi connectivity index (χ0v) is 10.6. The molecule has 4 heteroatoms. The van der Waals surface area contributed by atoms with Gasteiger partial charge in [-0.3, -0.25) is 4.79 Å². The van der Waals surface area contributed by atoms with E-state index in [1.54, 1.807) is 19.4 Å². The van der Waals surface area contributed by atoms with Gasteiger partial charge in [0.1, 0.15) is 5.75 Å². The van der Waals surface area contributed by atoms with Crippen molar-refractivity contribution in [2.45, 2.75) is 13.8 Å². The minimum absolute atomic E-state index is 0.193. The Morgan fingerprint density at radius 3 is 2.44 bits per heavy atom. The van der Waals surface area contributed by atoms with Crippen molar-refractivity contribution in [1.29, 1.82) is 0 Å². The molecular formula is C14H14N2O2. The van der Waals surface area contributed by atoms with Crippen LogP contribution in [0.4, 0.5) is 0 Å². The highest BCUT2D eigenvalue weighted by Crippen LogP contribution is 2.28. The van der Waals surface area contributed by atoms with Crippen LogP contribution in [0, 0.1) is 13.8 Å². The topological polar surface area (TPSA) is 52.1 Å². The van der Waals surface area contributed by atoms with Crippen molar-refractivity contribution >= 4 is 6.29 Å². The lowest BCUT2D eigenvalue weighted by atomic mass is 10.0. The van der Waals surface area contributed by atoms with E-state index in [2.05, 4.69) is 9.97 Å². The molecule has 0 aliphatic rings. The monoisotopic (exact) mass is 242 g/mol. The Hall–Kier alpha value is -2.23. The van der Waals surface area contributed by atoms with Crippen LogP contribution in [-0.4, -0.2) is 23.4 Å². The van der Waals surface area contributed by atoms with Gasteiger partial charge in [-0.2, -0.15) is 0 Å². The molecule has 0 unspecified atom stereocenters. The number of benzene rings is 1. The van der Waals surface area contributed by atoms with Crippen molar-refractivity contribution in [3.8, 4) is 17.0 Å². The summed E-state index contributed by atoms with van der Waals surface area (Å²) in [5, 5.41) is 0. The third kappa shape index (κ3) is 2.22. The highest BCUT2D eigenvalue weighted by Gasteiger charge is 2.08. The molecule has 0 fully saturated rings. The summed E-state index contributed by atoms with van der Waals surface area (Å²) in [6.07, 6.45) is 2.23. The van der Waals surface area contributed by atoms with Crippen LogP contribution in [0.3, 0.4) is 0 Å². The Kier molecular flexibility index (Phi) is 3.37. The van der Waals surface area contributed by atoms with Crippen molar-refractivity contribution in [2.75, 3.05) is 7.11 Å². The predicted octanol–water partition coefficient (Wildman–Crippen LogP) is 2.58. The molecule has 1 heterocycles. The second-order valence-electron chi connectivity index (χ2n) is 4.06. The van der Waals surface area contributed by atoms with Gasteiger partial charge in [0.2, 0.25) is 0 Å². The lowest BCUT2D eigenvalue weighted by molar-refractivity contribution is 0.111. The van der Waals surface area contributed by atoms with Gasteiger partial charge in [0.25, 0.3) is 0 Å². The number of carbonyl (C=O) groups is 1. The molecule has 1 aromatic heterocycles. The molecule has 92 valence electrons. The molecule has 0 spiro atoms. The van der Waals surface area contributed by atoms with Crippen molar-refractivity contribution in [3.05, 3.63) is 41.3 Å². The highest BCUT2D eigenvalue weighted by atomic mass is 16.5. The SMILES string of the molecule is COc1c(C)cc(-c2ccnc(C=O)n2)cc1C. The summed E-state index contributed by atoms with van der Waals surface area (Å²) in [6, 6.07) is 5.76. The van der Waals surface area contributed by atoms with Crippen LogP contribution in [0.15, 0.2) is 24.4 Å². The third-order valence-corrected chi connectivity index (χ3v) is 2.74. The zero-order chi connectivity index (χ0) is 13.1. The van der Waals surface area contributed by atoms with Gasteiger partial charge < -0.3 is 4.74 Å². The molecule has 0 atom stereocenters. The van der Waals surface area contributed by atoms with E-state index >= 15 is 0 Å². The maximum Gasteiger partial charge on any atom is 0.193 e. The summed E-state index contributed by atoms with van der Waals surface area (Å²) in [5.41, 5.74) is 3.77. The molecule has 0 radical (unpaired) electrons. The molecule has 4 nitrogen and oxygen atoms in total. The summed E-state index contributed by atoms with van der Waals surface area (Å²) in [7, 11) is 1.66. The molecule has 2 aromatic rings. The van der Waals surface area contributed by atoms with Crippen LogP contribution >= 0.6 is 0 Å². The molecule has 1 aromatic carbocycles. The minimum atomic E-state index is 0.193. The van der Waals surface area contributed by atoms with E-state index in [4.69, 9.17) is 4.74 Å². The second-order valence-corrected chi connectivity index (χ2v) is 4.06. The number of hydrogen-bond donors (Lipinski definition) is 0. The zero-order valence-electron chi connectivity index (χ0n) is 10.6. The fraction of sp³-hybridized carbons (Fsp3) is 0.214. The number of methoxy groups -OCH3 is 1. The predicted molar refractivity (Wildman–Crippen MR) is 68.9 cm³/mol. The molecule has 0 saturated heterocycles. The van der Waals surface area contributed by atoms with Crippen LogP contribution < -0.4 is 4.74 Å². The average molecular weight is 242 g/mol. The van der Waals surface area contributed by atoms with Crippen molar-refractivity contribution < 1.29 is 9.53 Å². The van der Waals surface area contributed by atoms with Gasteiger partial charge in [0.05, 0.1) is 12.8 Å². The summed E-state index contributed by atoms with van der Waals surface area (Å²) in [4.78, 5) is 18.7. The number of aryl methyl sites for hydroxylation is 2. The number of aldehydes is 1. The van der Waals surface area contributed by atoms with Gasteiger partial charge in [-0.1, -0.05) is 0 Å². The van der Waals surface area contributed by atoms with E-state index in [-0.39, 0.29) is 5.82 Å². The van der Waals surface area contributed by atoms with E-state index in [0.29, 0.717) is 6.29 Å². The van der Waals surface area contributed by atoms with E-state index < -0.39 is 0 Å². The number of carbonyl (C=O) groups excluding carboxylic acids is 1. The van der Waals surface area contributed by atoms with Crippen molar-refractivity contribution in [3.63, 3.8) is 0 Å². The van der Waals surface area contributed by atoms with Crippen LogP contribution in [0.25, 0.3) is 11.3 Å². The van der Waals surface area contributed by atoms with Gasteiger partial charge in [-0.05, 0) is 43.2 Å². The summed E-state index contributed by atoms with van der Waals surface area (Å²) in [5.74, 6) is 1.07. The van der Waals surface area contributed by atoms with E-state index in [1.807, 2.05) is 26.0 Å². The smallest absolute Gasteiger partial charge is 0.193 e. The van der Waals surface area contributed by atoms with Crippen LogP contribution in [0.1, 0.15) is 21.7 Å². The molecule has 0 aliphatic heterocycles. The standard InChI is InChI=1S/C14H14N2O2/c1-9-6-11(7-10(2)14(9)18-3)12-4-5-15-13(8-17)16-12/h4-8H,1-3H3. The number of hydrogen-bond acceptors (Lipinski definition) is 4. The van der Waals surface area contributed by atoms with Gasteiger partial charge in [0, 0.05) is 11.8 Å². The number of aromatic nitrogens is 2. The first kappa shape index (κ1) is 12.2. The molecule has 0 aliphatic carbocycles. The van der Waals surface area contributed by atoms with E-state index in [0.717, 1.165) is 28.1 Å². The highest BCUT2D eigenvalue weighted by molar-refractivity contribution is 5.71. The molecule has 0 saturated carbocycles. The largest absolute Gasteiger partial charge is 0.496 e. The first-order valence-corrected chi connectivity index (χ1v) is 5.59. The average Bonchev–Trinajstić information content (AvgIpc) is 2.38. The molecule has 2 rings (SSSR count). The summed E-state index contributed by atoms with van der Waals surface area (Å²) in [6.45, 7) is 3.97. The van der Waals surface area contributed by atoms with Gasteiger partial charge in [0.15, 0.2) is 12.1 Å². The van der Waals surface area contributed by atoms with Crippen LogP contribution in [0.5, 0.6) is 5.75 Å². The summed E-state index contributed by atoms with van der Waals surface area (Å²) < 4.78 is 5.32. The first-order chi connectivity index (χ1) is 8.65. The molecule has 0 amide bonds. The lowest BCUT2D eigenvalue weighted by Crippen LogP contribution is -1.96. The number of rotatable bonds is 3. The van der Waals surface area contributed by atoms with Gasteiger partial charge in [-0.25, -0.2) is 9.97 Å². The van der Waals surface area contributed by atoms with Crippen molar-refractivity contribution in [1.82, 2.24) is 9.97 Å². The maximum absolute atomic E-state index is 10.7. The van der Waals surface area contributed by atoms with Crippen molar-refractivity contribution in [2.24, 2.45) is 0 Å². The fourth-order valence-corrected chi connectivity index (χ4v) is 2.01. The Balaban J connectivity index is 2.54. The Morgan fingerprint density at radius 2 is 1.89 bits per heavy atom. The van der Waals surface area contributed by atoms with E-state index in [9.17, 15) is 4.79 Å². The fourth-order valence-electron chi connectivity index (χ4n) is 2.01. The Labute approximate surface area is 106 Å². The quantitative estimate of drug-likeness (QED) is 0.776. The van der Waals surface area contributed by atoms with E-state index in [1.165, 1.54) is 0 Å². The Morgan fingerprint density at radius 1 is 1.22 bits per heavy atom. The molecular weight excluding hydrogens is 228 g/mol. The van der Waals surface area contributed by atoms with Crippen LogP contribution in [-0.2, 0) is 0 Å². The third-order valence-electron chi connectivity index (χ3n) is 2.74. The molecule has 0 bridgehead atoms. The molecule has 0 N–H and O–H groups in total. The van der Waals surface area contributed by atoms with Gasteiger partial charge >= 0.3 is 0 Å². The Bertz CT molecular complexity index is 571. The molecule has 18 heavy (non-hydrogen) atoms.